The molecule has 0 spiro atoms. The Morgan fingerprint density at radius 3 is 2.56 bits per heavy atom. The van der Waals surface area contributed by atoms with E-state index in [1.165, 1.54) is 9.47 Å². The number of hydrogen-bond acceptors (Lipinski definition) is 7. The number of thiazole rings is 1. The molecule has 0 radical (unpaired) electrons. The molecule has 0 aliphatic carbocycles. The highest BCUT2D eigenvalue weighted by molar-refractivity contribution is 7.09. The fourth-order valence-corrected chi connectivity index (χ4v) is 4.19. The van der Waals surface area contributed by atoms with Crippen molar-refractivity contribution in [2.75, 3.05) is 30.8 Å². The van der Waals surface area contributed by atoms with Crippen LogP contribution in [0.5, 0.6) is 0 Å². The molecule has 0 saturated heterocycles. The molecular formula is C22H28N6O3S. The first-order chi connectivity index (χ1) is 15.3. The number of nitrogens with zero attached hydrogens (tertiary/aromatic N) is 4. The van der Waals surface area contributed by atoms with Gasteiger partial charge in [0, 0.05) is 18.5 Å². The summed E-state index contributed by atoms with van der Waals surface area (Å²) in [5.41, 5.74) is 6.69. The SMILES string of the molecule is CCc1nc(CN(C)CC(=O)N(CC)c2c(N)n(Cc3ccccc3)c(=O)[nH]c2=O)cs1. The number of nitrogens with two attached hydrogens (primary N) is 1. The Bertz CT molecular complexity index is 1180. The quantitative estimate of drug-likeness (QED) is 0.506. The Hall–Kier alpha value is -3.24. The average Bonchev–Trinajstić information content (AvgIpc) is 3.22. The zero-order valence-electron chi connectivity index (χ0n) is 18.5. The van der Waals surface area contributed by atoms with Gasteiger partial charge in [-0.15, -0.1) is 11.3 Å². The van der Waals surface area contributed by atoms with Gasteiger partial charge in [0.25, 0.3) is 5.56 Å². The first kappa shape index (κ1) is 23.4. The van der Waals surface area contributed by atoms with Crippen LogP contribution in [-0.2, 0) is 24.3 Å². The summed E-state index contributed by atoms with van der Waals surface area (Å²) < 4.78 is 1.27. The summed E-state index contributed by atoms with van der Waals surface area (Å²) in [6.07, 6.45) is 0.873. The molecule has 3 aromatic rings. The monoisotopic (exact) mass is 456 g/mol. The Kier molecular flexibility index (Phi) is 7.60. The van der Waals surface area contributed by atoms with Gasteiger partial charge in [0.2, 0.25) is 5.91 Å². The van der Waals surface area contributed by atoms with Gasteiger partial charge in [-0.25, -0.2) is 9.78 Å². The molecule has 0 atom stereocenters. The molecule has 3 N–H and O–H groups in total. The van der Waals surface area contributed by atoms with Crippen LogP contribution in [0.2, 0.25) is 0 Å². The van der Waals surface area contributed by atoms with Crippen LogP contribution in [0.3, 0.4) is 0 Å². The molecule has 3 rings (SSSR count). The van der Waals surface area contributed by atoms with Crippen LogP contribution in [0.25, 0.3) is 0 Å². The molecule has 0 aliphatic heterocycles. The summed E-state index contributed by atoms with van der Waals surface area (Å²) in [6.45, 7) is 4.82. The smallest absolute Gasteiger partial charge is 0.330 e. The van der Waals surface area contributed by atoms with Crippen molar-refractivity contribution in [1.82, 2.24) is 19.4 Å². The minimum Gasteiger partial charge on any atom is -0.383 e. The zero-order chi connectivity index (χ0) is 23.3. The number of nitrogens with one attached hydrogen (secondary N) is 1. The number of benzene rings is 1. The molecule has 2 aromatic heterocycles. The molecule has 2 heterocycles. The van der Waals surface area contributed by atoms with Gasteiger partial charge in [-0.1, -0.05) is 37.3 Å². The predicted octanol–water partition coefficient (Wildman–Crippen LogP) is 1.67. The highest BCUT2D eigenvalue weighted by Gasteiger charge is 2.24. The number of aromatic nitrogens is 3. The van der Waals surface area contributed by atoms with Crippen molar-refractivity contribution in [3.8, 4) is 0 Å². The van der Waals surface area contributed by atoms with E-state index in [0.717, 1.165) is 22.7 Å². The van der Waals surface area contributed by atoms with Crippen molar-refractivity contribution < 1.29 is 4.79 Å². The zero-order valence-corrected chi connectivity index (χ0v) is 19.3. The molecule has 0 fully saturated rings. The normalized spacial score (nSPS) is 11.1. The van der Waals surface area contributed by atoms with Crippen molar-refractivity contribution in [2.24, 2.45) is 0 Å². The number of H-pyrrole nitrogens is 1. The highest BCUT2D eigenvalue weighted by Crippen LogP contribution is 2.18. The van der Waals surface area contributed by atoms with Crippen LogP contribution >= 0.6 is 11.3 Å². The van der Waals surface area contributed by atoms with E-state index in [4.69, 9.17) is 5.73 Å². The second kappa shape index (κ2) is 10.4. The average molecular weight is 457 g/mol. The van der Waals surface area contributed by atoms with Crippen LogP contribution in [-0.4, -0.2) is 45.5 Å². The minimum atomic E-state index is -0.679. The van der Waals surface area contributed by atoms with Crippen LogP contribution < -0.4 is 21.9 Å². The lowest BCUT2D eigenvalue weighted by atomic mass is 10.2. The summed E-state index contributed by atoms with van der Waals surface area (Å²) in [5, 5.41) is 3.04. The summed E-state index contributed by atoms with van der Waals surface area (Å²) >= 11 is 1.60. The predicted molar refractivity (Wildman–Crippen MR) is 127 cm³/mol. The Morgan fingerprint density at radius 2 is 1.94 bits per heavy atom. The number of nitrogen functional groups attached to an aromatic ring is 1. The Balaban J connectivity index is 1.83. The van der Waals surface area contributed by atoms with E-state index in [1.807, 2.05) is 54.6 Å². The van der Waals surface area contributed by atoms with Crippen LogP contribution in [0.4, 0.5) is 11.5 Å². The molecule has 1 amide bonds. The largest absolute Gasteiger partial charge is 0.383 e. The number of hydrogen-bond donors (Lipinski definition) is 2. The second-order valence-corrected chi connectivity index (χ2v) is 8.40. The third-order valence-electron chi connectivity index (χ3n) is 5.02. The van der Waals surface area contributed by atoms with Crippen LogP contribution in [0, 0.1) is 0 Å². The molecule has 170 valence electrons. The minimum absolute atomic E-state index is 0.0108. The van der Waals surface area contributed by atoms with E-state index in [2.05, 4.69) is 9.97 Å². The number of likely N-dealkylation sites (N-methyl/N-ethyl adjacent to an activating group) is 2. The van der Waals surface area contributed by atoms with Crippen molar-refractivity contribution in [1.29, 1.82) is 0 Å². The molecular weight excluding hydrogens is 428 g/mol. The third kappa shape index (κ3) is 5.32. The topological polar surface area (TPSA) is 117 Å². The van der Waals surface area contributed by atoms with Crippen molar-refractivity contribution in [2.45, 2.75) is 33.4 Å². The van der Waals surface area contributed by atoms with Gasteiger partial charge in [-0.2, -0.15) is 0 Å². The van der Waals surface area contributed by atoms with Gasteiger partial charge >= 0.3 is 5.69 Å². The number of anilines is 2. The van der Waals surface area contributed by atoms with Crippen molar-refractivity contribution in [3.05, 3.63) is 72.8 Å². The van der Waals surface area contributed by atoms with E-state index in [1.54, 1.807) is 18.3 Å². The van der Waals surface area contributed by atoms with E-state index >= 15 is 0 Å². The number of carbonyl (C=O) groups is 1. The van der Waals surface area contributed by atoms with Gasteiger partial charge in [-0.3, -0.25) is 24.0 Å². The number of amides is 1. The molecule has 10 heteroatoms. The summed E-state index contributed by atoms with van der Waals surface area (Å²) in [6, 6.07) is 9.30. The van der Waals surface area contributed by atoms with Crippen molar-refractivity contribution >= 4 is 28.7 Å². The van der Waals surface area contributed by atoms with E-state index < -0.39 is 11.2 Å². The van der Waals surface area contributed by atoms with Gasteiger partial charge in [-0.05, 0) is 26.0 Å². The maximum Gasteiger partial charge on any atom is 0.330 e. The molecule has 0 bridgehead atoms. The van der Waals surface area contributed by atoms with E-state index in [-0.39, 0.29) is 37.0 Å². The van der Waals surface area contributed by atoms with Crippen LogP contribution in [0.15, 0.2) is 45.3 Å². The number of aryl methyl sites for hydroxylation is 1. The van der Waals surface area contributed by atoms with Gasteiger partial charge in [0.1, 0.15) is 5.82 Å². The summed E-state index contributed by atoms with van der Waals surface area (Å²) in [5.74, 6) is -0.324. The van der Waals surface area contributed by atoms with E-state index in [0.29, 0.717) is 6.54 Å². The summed E-state index contributed by atoms with van der Waals surface area (Å²) in [4.78, 5) is 48.1. The first-order valence-electron chi connectivity index (χ1n) is 10.4. The number of aromatic amines is 1. The fourth-order valence-electron chi connectivity index (χ4n) is 3.45. The first-order valence-corrected chi connectivity index (χ1v) is 11.3. The van der Waals surface area contributed by atoms with Gasteiger partial charge in [0.15, 0.2) is 5.69 Å². The number of rotatable bonds is 9. The lowest BCUT2D eigenvalue weighted by Gasteiger charge is -2.25. The Morgan fingerprint density at radius 1 is 1.22 bits per heavy atom. The maximum atomic E-state index is 13.1. The maximum absolute atomic E-state index is 13.1. The number of carbonyl (C=O) groups excluding carboxylic acids is 1. The lowest BCUT2D eigenvalue weighted by molar-refractivity contribution is -0.119. The van der Waals surface area contributed by atoms with Gasteiger partial charge in [0.05, 0.1) is 23.8 Å². The molecule has 9 nitrogen and oxygen atoms in total. The molecule has 0 unspecified atom stereocenters. The van der Waals surface area contributed by atoms with Crippen molar-refractivity contribution in [3.63, 3.8) is 0 Å². The molecule has 0 saturated carbocycles. The molecule has 0 aliphatic rings. The fraction of sp³-hybridized carbons (Fsp3) is 0.364. The van der Waals surface area contributed by atoms with Gasteiger partial charge < -0.3 is 10.6 Å². The van der Waals surface area contributed by atoms with Crippen LogP contribution in [0.1, 0.15) is 30.1 Å². The second-order valence-electron chi connectivity index (χ2n) is 7.46. The van der Waals surface area contributed by atoms with E-state index in [9.17, 15) is 14.4 Å². The Labute approximate surface area is 190 Å². The lowest BCUT2D eigenvalue weighted by Crippen LogP contribution is -2.44. The molecule has 32 heavy (non-hydrogen) atoms. The molecule has 1 aromatic carbocycles. The third-order valence-corrected chi connectivity index (χ3v) is 6.07. The summed E-state index contributed by atoms with van der Waals surface area (Å²) in [7, 11) is 1.82. The standard InChI is InChI=1S/C22H28N6O3S/c1-4-17-24-16(14-32-17)12-26(3)13-18(29)27(5-2)19-20(23)28(22(31)25-21(19)30)11-15-9-7-6-8-10-15/h6-10,14H,4-5,11-13,23H2,1-3H3,(H,25,30,31). The highest BCUT2D eigenvalue weighted by atomic mass is 32.1.